The molecule has 0 spiro atoms. The summed E-state index contributed by atoms with van der Waals surface area (Å²) in [5.41, 5.74) is 1.98. The van der Waals surface area contributed by atoms with E-state index in [1.54, 1.807) is 9.47 Å². The molecule has 0 bridgehead atoms. The fourth-order valence-corrected chi connectivity index (χ4v) is 7.12. The molecule has 0 radical (unpaired) electrons. The lowest BCUT2D eigenvalue weighted by Gasteiger charge is -2.49. The number of fused-ring (bicyclic) bond motifs is 1. The monoisotopic (exact) mass is 601 g/mol. The lowest BCUT2D eigenvalue weighted by molar-refractivity contribution is -0.138. The van der Waals surface area contributed by atoms with Crippen molar-refractivity contribution in [3.05, 3.63) is 27.7 Å². The zero-order valence-electron chi connectivity index (χ0n) is 28.2. The highest BCUT2D eigenvalue weighted by atomic mass is 16.6. The van der Waals surface area contributed by atoms with E-state index in [9.17, 15) is 14.4 Å². The van der Waals surface area contributed by atoms with Gasteiger partial charge in [0.15, 0.2) is 0 Å². The molecule has 4 heterocycles. The third-order valence-electron chi connectivity index (χ3n) is 9.22. The molecule has 10 heteroatoms. The summed E-state index contributed by atoms with van der Waals surface area (Å²) in [6, 6.07) is 2.09. The average molecular weight is 602 g/mol. The number of rotatable bonds is 7. The Bertz CT molecular complexity index is 1230. The Kier molecular flexibility index (Phi) is 9.91. The number of carbonyl (C=O) groups is 2. The van der Waals surface area contributed by atoms with Gasteiger partial charge in [-0.3, -0.25) is 14.5 Å². The third-order valence-corrected chi connectivity index (χ3v) is 9.22. The van der Waals surface area contributed by atoms with Crippen molar-refractivity contribution >= 4 is 17.7 Å². The summed E-state index contributed by atoms with van der Waals surface area (Å²) in [7, 11) is 1.86. The molecular weight excluding hydrogens is 546 g/mol. The van der Waals surface area contributed by atoms with Crippen LogP contribution in [0.1, 0.15) is 86.4 Å². The Morgan fingerprint density at radius 3 is 2.30 bits per heavy atom. The van der Waals surface area contributed by atoms with Crippen LogP contribution in [0.2, 0.25) is 0 Å². The second-order valence-electron chi connectivity index (χ2n) is 14.7. The molecule has 1 aromatic rings. The van der Waals surface area contributed by atoms with E-state index in [0.717, 1.165) is 36.2 Å². The molecule has 242 valence electrons. The number of aryl methyl sites for hydroxylation is 1. The number of unbranched alkanes of at least 4 members (excludes halogenated alkanes) is 1. The first-order chi connectivity index (χ1) is 20.0. The van der Waals surface area contributed by atoms with Gasteiger partial charge in [-0.05, 0) is 60.5 Å². The van der Waals surface area contributed by atoms with Crippen LogP contribution in [-0.2, 0) is 33.2 Å². The fourth-order valence-electron chi connectivity index (χ4n) is 7.12. The van der Waals surface area contributed by atoms with Gasteiger partial charge in [0.2, 0.25) is 5.91 Å². The molecule has 10 nitrogen and oxygen atoms in total. The van der Waals surface area contributed by atoms with Gasteiger partial charge in [0, 0.05) is 62.3 Å². The first-order valence-electron chi connectivity index (χ1n) is 16.1. The van der Waals surface area contributed by atoms with E-state index in [-0.39, 0.29) is 53.7 Å². The van der Waals surface area contributed by atoms with Crippen LogP contribution in [0, 0.1) is 0 Å². The first-order valence-corrected chi connectivity index (χ1v) is 16.1. The Labute approximate surface area is 258 Å². The van der Waals surface area contributed by atoms with Crippen molar-refractivity contribution in [1.29, 1.82) is 0 Å². The van der Waals surface area contributed by atoms with Gasteiger partial charge in [-0.15, -0.1) is 0 Å². The van der Waals surface area contributed by atoms with Crippen LogP contribution in [0.5, 0.6) is 0 Å². The fraction of sp³-hybridized carbons (Fsp3) is 0.788. The minimum Gasteiger partial charge on any atom is -0.444 e. The van der Waals surface area contributed by atoms with Crippen molar-refractivity contribution in [2.24, 2.45) is 7.05 Å². The second kappa shape index (κ2) is 12.8. The van der Waals surface area contributed by atoms with Crippen LogP contribution in [0.15, 0.2) is 10.9 Å². The predicted octanol–water partition coefficient (Wildman–Crippen LogP) is 3.77. The van der Waals surface area contributed by atoms with E-state index >= 15 is 0 Å². The number of aromatic nitrogens is 1. The molecule has 2 saturated heterocycles. The number of amides is 2. The number of piperazine rings is 1. The smallest absolute Gasteiger partial charge is 0.410 e. The number of nitrogens with zero attached hydrogens (tertiary/aromatic N) is 5. The van der Waals surface area contributed by atoms with Crippen molar-refractivity contribution in [3.63, 3.8) is 0 Å². The van der Waals surface area contributed by atoms with Crippen molar-refractivity contribution in [2.45, 2.75) is 117 Å². The van der Waals surface area contributed by atoms with E-state index < -0.39 is 5.60 Å². The summed E-state index contributed by atoms with van der Waals surface area (Å²) in [6.45, 7) is 22.0. The third kappa shape index (κ3) is 7.22. The number of hydrogen-bond donors (Lipinski definition) is 0. The number of hydrogen-bond acceptors (Lipinski definition) is 7. The van der Waals surface area contributed by atoms with Crippen LogP contribution in [0.4, 0.5) is 10.5 Å². The van der Waals surface area contributed by atoms with Crippen LogP contribution in [0.3, 0.4) is 0 Å². The molecule has 0 N–H and O–H groups in total. The average Bonchev–Trinajstić information content (AvgIpc) is 3.15. The van der Waals surface area contributed by atoms with E-state index in [2.05, 4.69) is 44.4 Å². The Hall–Kier alpha value is -2.59. The molecule has 3 aliphatic heterocycles. The van der Waals surface area contributed by atoms with Crippen molar-refractivity contribution in [3.8, 4) is 0 Å². The maximum absolute atomic E-state index is 14.3. The zero-order chi connectivity index (χ0) is 31.9. The lowest BCUT2D eigenvalue weighted by Crippen LogP contribution is -2.66. The normalized spacial score (nSPS) is 26.0. The SMILES string of the molecule is CCCCc1cc2c(n(C)c1=O)C(C)(C)CN2CC(=O)N1C[C@@H](C)N(C(=O)OC(C)(C)C)C[C@@H]1CN1[C@H](C)COC[C@H]1C. The molecule has 1 aromatic heterocycles. The van der Waals surface area contributed by atoms with Crippen molar-refractivity contribution < 1.29 is 19.1 Å². The highest BCUT2D eigenvalue weighted by Crippen LogP contribution is 2.40. The van der Waals surface area contributed by atoms with E-state index in [4.69, 9.17) is 9.47 Å². The molecule has 3 aliphatic rings. The molecule has 2 fully saturated rings. The summed E-state index contributed by atoms with van der Waals surface area (Å²) < 4.78 is 13.3. The molecule has 0 saturated carbocycles. The molecule has 4 rings (SSSR count). The van der Waals surface area contributed by atoms with Crippen LogP contribution in [0.25, 0.3) is 0 Å². The van der Waals surface area contributed by atoms with Crippen molar-refractivity contribution in [1.82, 2.24) is 19.3 Å². The van der Waals surface area contributed by atoms with Crippen LogP contribution >= 0.6 is 0 Å². The molecule has 0 aliphatic carbocycles. The Balaban J connectivity index is 1.62. The van der Waals surface area contributed by atoms with Crippen LogP contribution < -0.4 is 10.5 Å². The second-order valence-corrected chi connectivity index (χ2v) is 14.7. The number of ether oxygens (including phenoxy) is 2. The summed E-state index contributed by atoms with van der Waals surface area (Å²) >= 11 is 0. The first kappa shape index (κ1) is 33.3. The van der Waals surface area contributed by atoms with Crippen molar-refractivity contribution in [2.75, 3.05) is 50.8 Å². The van der Waals surface area contributed by atoms with Gasteiger partial charge in [0.25, 0.3) is 5.56 Å². The summed E-state index contributed by atoms with van der Waals surface area (Å²) in [5, 5.41) is 0. The quantitative estimate of drug-likeness (QED) is 0.470. The van der Waals surface area contributed by atoms with Crippen LogP contribution in [-0.4, -0.2) is 107 Å². The standard InChI is InChI=1S/C33H55N5O5/c1-11-12-13-25-14-27-29(34(10)30(25)40)33(8,9)21-35(27)18-28(39)38-15-22(2)37(31(41)43-32(5,6)7)17-26(38)16-36-23(3)19-42-20-24(36)4/h14,22-24,26H,11-13,15-21H2,1-10H3/t22-,23-,24-,26+/m1/s1. The molecule has 4 atom stereocenters. The summed E-state index contributed by atoms with van der Waals surface area (Å²) in [4.78, 5) is 49.1. The topological polar surface area (TPSA) is 87.6 Å². The van der Waals surface area contributed by atoms with E-state index in [0.29, 0.717) is 39.4 Å². The maximum atomic E-state index is 14.3. The van der Waals surface area contributed by atoms with E-state index in [1.807, 2.05) is 45.7 Å². The number of anilines is 1. The number of morpholine rings is 1. The summed E-state index contributed by atoms with van der Waals surface area (Å²) in [5.74, 6) is 0.0434. The molecule has 0 unspecified atom stereocenters. The van der Waals surface area contributed by atoms with Gasteiger partial charge in [-0.2, -0.15) is 0 Å². The molecular formula is C33H55N5O5. The molecule has 0 aromatic carbocycles. The highest BCUT2D eigenvalue weighted by Gasteiger charge is 2.43. The van der Waals surface area contributed by atoms with Gasteiger partial charge in [-0.25, -0.2) is 4.79 Å². The molecule has 43 heavy (non-hydrogen) atoms. The minimum absolute atomic E-state index is 0.0434. The van der Waals surface area contributed by atoms with Gasteiger partial charge in [0.1, 0.15) is 5.60 Å². The Morgan fingerprint density at radius 2 is 1.70 bits per heavy atom. The van der Waals surface area contributed by atoms with Gasteiger partial charge in [-0.1, -0.05) is 27.2 Å². The predicted molar refractivity (Wildman–Crippen MR) is 170 cm³/mol. The molecule has 2 amide bonds. The maximum Gasteiger partial charge on any atom is 0.410 e. The largest absolute Gasteiger partial charge is 0.444 e. The summed E-state index contributed by atoms with van der Waals surface area (Å²) in [6.07, 6.45) is 2.37. The minimum atomic E-state index is -0.599. The number of pyridine rings is 1. The highest BCUT2D eigenvalue weighted by molar-refractivity contribution is 5.83. The van der Waals surface area contributed by atoms with E-state index in [1.165, 1.54) is 0 Å². The van der Waals surface area contributed by atoms with Gasteiger partial charge in [0.05, 0.1) is 37.2 Å². The Morgan fingerprint density at radius 1 is 1.05 bits per heavy atom. The zero-order valence-corrected chi connectivity index (χ0v) is 28.2. The lowest BCUT2D eigenvalue weighted by atomic mass is 9.90. The number of carbonyl (C=O) groups excluding carboxylic acids is 2. The van der Waals surface area contributed by atoms with Gasteiger partial charge >= 0.3 is 6.09 Å². The van der Waals surface area contributed by atoms with Gasteiger partial charge < -0.3 is 28.7 Å².